The lowest BCUT2D eigenvalue weighted by Crippen LogP contribution is -2.24. The third kappa shape index (κ3) is 4.22. The minimum Gasteiger partial charge on any atom is -0.297 e. The molecule has 1 nitrogen and oxygen atoms in total. The van der Waals surface area contributed by atoms with Gasteiger partial charge >= 0.3 is 0 Å². The molecule has 0 fully saturated rings. The standard InChI is InChI=1S/C10H11BrF3N/c1-15(6-10(13)14)5-7-2-3-9(12)8(11)4-7/h2-4,10H,5-6H2,1H3. The lowest BCUT2D eigenvalue weighted by molar-refractivity contribution is 0.0975. The number of halogens is 4. The van der Waals surface area contributed by atoms with Crippen LogP contribution < -0.4 is 0 Å². The van der Waals surface area contributed by atoms with Crippen molar-refractivity contribution in [3.8, 4) is 0 Å². The normalized spacial score (nSPS) is 11.4. The van der Waals surface area contributed by atoms with Gasteiger partial charge in [0.1, 0.15) is 5.82 Å². The Morgan fingerprint density at radius 3 is 2.60 bits per heavy atom. The summed E-state index contributed by atoms with van der Waals surface area (Å²) in [6.07, 6.45) is -2.35. The van der Waals surface area contributed by atoms with Gasteiger partial charge in [-0.15, -0.1) is 0 Å². The van der Waals surface area contributed by atoms with E-state index in [4.69, 9.17) is 0 Å². The van der Waals surface area contributed by atoms with Crippen molar-refractivity contribution in [1.29, 1.82) is 0 Å². The van der Waals surface area contributed by atoms with Crippen LogP contribution in [-0.4, -0.2) is 24.9 Å². The van der Waals surface area contributed by atoms with Gasteiger partial charge in [0.05, 0.1) is 11.0 Å². The quantitative estimate of drug-likeness (QED) is 0.819. The molecule has 0 heterocycles. The zero-order chi connectivity index (χ0) is 11.4. The summed E-state index contributed by atoms with van der Waals surface area (Å²) in [4.78, 5) is 1.49. The highest BCUT2D eigenvalue weighted by Crippen LogP contribution is 2.17. The molecule has 0 N–H and O–H groups in total. The van der Waals surface area contributed by atoms with E-state index < -0.39 is 6.43 Å². The first-order chi connectivity index (χ1) is 6.99. The van der Waals surface area contributed by atoms with Crippen LogP contribution in [0, 0.1) is 5.82 Å². The molecule has 0 amide bonds. The highest BCUT2D eigenvalue weighted by molar-refractivity contribution is 9.10. The van der Waals surface area contributed by atoms with E-state index in [2.05, 4.69) is 15.9 Å². The van der Waals surface area contributed by atoms with Gasteiger partial charge in [0.25, 0.3) is 6.43 Å². The third-order valence-corrected chi connectivity index (χ3v) is 2.49. The topological polar surface area (TPSA) is 3.24 Å². The lowest BCUT2D eigenvalue weighted by Gasteiger charge is -2.16. The molecule has 84 valence electrons. The predicted octanol–water partition coefficient (Wildman–Crippen LogP) is 3.29. The molecule has 0 aromatic heterocycles. The summed E-state index contributed by atoms with van der Waals surface area (Å²) in [6, 6.07) is 4.50. The van der Waals surface area contributed by atoms with Crippen LogP contribution >= 0.6 is 15.9 Å². The van der Waals surface area contributed by atoms with Crippen LogP contribution in [0.25, 0.3) is 0 Å². The molecule has 1 aromatic carbocycles. The summed E-state index contributed by atoms with van der Waals surface area (Å²) in [5.41, 5.74) is 0.798. The molecule has 0 aliphatic rings. The SMILES string of the molecule is CN(Cc1ccc(F)c(Br)c1)CC(F)F. The Morgan fingerprint density at radius 1 is 1.40 bits per heavy atom. The maximum Gasteiger partial charge on any atom is 0.251 e. The molecule has 5 heteroatoms. The number of hydrogen-bond acceptors (Lipinski definition) is 1. The van der Waals surface area contributed by atoms with Gasteiger partial charge in [-0.05, 0) is 40.7 Å². The predicted molar refractivity (Wildman–Crippen MR) is 56.4 cm³/mol. The van der Waals surface area contributed by atoms with Gasteiger partial charge in [0, 0.05) is 6.54 Å². The summed E-state index contributed by atoms with van der Waals surface area (Å²) in [6.45, 7) is 0.0955. The van der Waals surface area contributed by atoms with E-state index in [0.717, 1.165) is 5.56 Å². The van der Waals surface area contributed by atoms with E-state index in [1.165, 1.54) is 11.0 Å². The van der Waals surface area contributed by atoms with Gasteiger partial charge in [-0.1, -0.05) is 6.07 Å². The minimum atomic E-state index is -2.35. The van der Waals surface area contributed by atoms with Gasteiger partial charge in [-0.3, -0.25) is 4.90 Å². The van der Waals surface area contributed by atoms with Gasteiger partial charge in [-0.25, -0.2) is 13.2 Å². The lowest BCUT2D eigenvalue weighted by atomic mass is 10.2. The van der Waals surface area contributed by atoms with E-state index >= 15 is 0 Å². The van der Waals surface area contributed by atoms with Crippen molar-refractivity contribution >= 4 is 15.9 Å². The first kappa shape index (κ1) is 12.5. The van der Waals surface area contributed by atoms with Crippen LogP contribution in [0.2, 0.25) is 0 Å². The molecule has 0 bridgehead atoms. The van der Waals surface area contributed by atoms with Crippen LogP contribution in [0.5, 0.6) is 0 Å². The van der Waals surface area contributed by atoms with E-state index in [1.54, 1.807) is 19.2 Å². The molecule has 1 rings (SSSR count). The maximum absolute atomic E-state index is 12.9. The van der Waals surface area contributed by atoms with E-state index in [0.29, 0.717) is 11.0 Å². The summed E-state index contributed by atoms with van der Waals surface area (Å²) in [5, 5.41) is 0. The Hall–Kier alpha value is -0.550. The molecule has 0 aliphatic carbocycles. The van der Waals surface area contributed by atoms with E-state index in [9.17, 15) is 13.2 Å². The Labute approximate surface area is 95.0 Å². The number of nitrogens with zero attached hydrogens (tertiary/aromatic N) is 1. The molecule has 0 spiro atoms. The number of rotatable bonds is 4. The Kier molecular flexibility index (Phi) is 4.60. The number of hydrogen-bond donors (Lipinski definition) is 0. The first-order valence-electron chi connectivity index (χ1n) is 4.39. The third-order valence-electron chi connectivity index (χ3n) is 1.89. The summed E-state index contributed by atoms with van der Waals surface area (Å²) in [7, 11) is 1.60. The van der Waals surface area contributed by atoms with Crippen molar-refractivity contribution in [1.82, 2.24) is 4.90 Å². The second-order valence-electron chi connectivity index (χ2n) is 3.34. The number of benzene rings is 1. The van der Waals surface area contributed by atoms with Crippen LogP contribution in [0.4, 0.5) is 13.2 Å². The van der Waals surface area contributed by atoms with Crippen LogP contribution in [0.3, 0.4) is 0 Å². The van der Waals surface area contributed by atoms with Crippen molar-refractivity contribution in [2.45, 2.75) is 13.0 Å². The molecule has 0 aliphatic heterocycles. The molecule has 15 heavy (non-hydrogen) atoms. The van der Waals surface area contributed by atoms with E-state index in [-0.39, 0.29) is 12.4 Å². The molecule has 1 aromatic rings. The number of alkyl halides is 2. The zero-order valence-electron chi connectivity index (χ0n) is 8.18. The molecule has 0 saturated carbocycles. The van der Waals surface area contributed by atoms with Crippen LogP contribution in [0.15, 0.2) is 22.7 Å². The van der Waals surface area contributed by atoms with Crippen molar-refractivity contribution in [3.05, 3.63) is 34.1 Å². The fourth-order valence-corrected chi connectivity index (χ4v) is 1.68. The van der Waals surface area contributed by atoms with Crippen LogP contribution in [0.1, 0.15) is 5.56 Å². The molecule has 0 unspecified atom stereocenters. The van der Waals surface area contributed by atoms with Crippen LogP contribution in [-0.2, 0) is 6.54 Å². The Balaban J connectivity index is 2.60. The van der Waals surface area contributed by atoms with Gasteiger partial charge < -0.3 is 0 Å². The van der Waals surface area contributed by atoms with Gasteiger partial charge in [0.2, 0.25) is 0 Å². The maximum atomic E-state index is 12.9. The fourth-order valence-electron chi connectivity index (χ4n) is 1.25. The molecular weight excluding hydrogens is 271 g/mol. The molecule has 0 radical (unpaired) electrons. The summed E-state index contributed by atoms with van der Waals surface area (Å²) >= 11 is 3.05. The smallest absolute Gasteiger partial charge is 0.251 e. The highest BCUT2D eigenvalue weighted by atomic mass is 79.9. The van der Waals surface area contributed by atoms with Crippen molar-refractivity contribution in [2.75, 3.05) is 13.6 Å². The average molecular weight is 282 g/mol. The second kappa shape index (κ2) is 5.51. The molecule has 0 saturated heterocycles. The Morgan fingerprint density at radius 2 is 2.07 bits per heavy atom. The zero-order valence-corrected chi connectivity index (χ0v) is 9.77. The summed E-state index contributed by atoms with van der Waals surface area (Å²) in [5.74, 6) is -0.352. The fraction of sp³-hybridized carbons (Fsp3) is 0.400. The van der Waals surface area contributed by atoms with Crippen molar-refractivity contribution < 1.29 is 13.2 Å². The highest BCUT2D eigenvalue weighted by Gasteiger charge is 2.08. The van der Waals surface area contributed by atoms with E-state index in [1.807, 2.05) is 0 Å². The van der Waals surface area contributed by atoms with Gasteiger partial charge in [0.15, 0.2) is 0 Å². The minimum absolute atomic E-state index is 0.283. The Bertz CT molecular complexity index is 330. The average Bonchev–Trinajstić information content (AvgIpc) is 2.10. The summed E-state index contributed by atoms with van der Waals surface area (Å²) < 4.78 is 37.3. The molecular formula is C10H11BrF3N. The monoisotopic (exact) mass is 281 g/mol. The van der Waals surface area contributed by atoms with Crippen molar-refractivity contribution in [2.24, 2.45) is 0 Å². The second-order valence-corrected chi connectivity index (χ2v) is 4.19. The first-order valence-corrected chi connectivity index (χ1v) is 5.19. The largest absolute Gasteiger partial charge is 0.297 e. The van der Waals surface area contributed by atoms with Crippen molar-refractivity contribution in [3.63, 3.8) is 0 Å². The molecule has 0 atom stereocenters. The van der Waals surface area contributed by atoms with Gasteiger partial charge in [-0.2, -0.15) is 0 Å².